The highest BCUT2D eigenvalue weighted by Crippen LogP contribution is 2.34. The van der Waals surface area contributed by atoms with Gasteiger partial charge in [0.15, 0.2) is 0 Å². The molecule has 7 nitrogen and oxygen atoms in total. The van der Waals surface area contributed by atoms with E-state index in [0.29, 0.717) is 17.0 Å². The molecule has 1 aliphatic heterocycles. The van der Waals surface area contributed by atoms with Crippen LogP contribution in [0.15, 0.2) is 30.5 Å². The molecular formula is C14H15N3O4S. The molecule has 0 spiro atoms. The molecule has 0 radical (unpaired) electrons. The largest absolute Gasteiger partial charge is 0.494 e. The number of sulfonamides is 1. The highest BCUT2D eigenvalue weighted by Gasteiger charge is 2.37. The summed E-state index contributed by atoms with van der Waals surface area (Å²) in [5.41, 5.74) is 1.23. The molecule has 2 heterocycles. The Kier molecular flexibility index (Phi) is 3.50. The normalized spacial score (nSPS) is 18.9. The maximum atomic E-state index is 12.2. The molecule has 2 N–H and O–H groups in total. The molecule has 1 fully saturated rings. The van der Waals surface area contributed by atoms with E-state index in [4.69, 9.17) is 9.88 Å². The summed E-state index contributed by atoms with van der Waals surface area (Å²) in [6.07, 6.45) is 1.53. The minimum absolute atomic E-state index is 0.0496. The van der Waals surface area contributed by atoms with Gasteiger partial charge in [-0.15, -0.1) is 0 Å². The lowest BCUT2D eigenvalue weighted by Crippen LogP contribution is -2.32. The van der Waals surface area contributed by atoms with Crippen LogP contribution in [0.25, 0.3) is 10.9 Å². The van der Waals surface area contributed by atoms with E-state index in [-0.39, 0.29) is 18.9 Å². The van der Waals surface area contributed by atoms with Gasteiger partial charge in [0.25, 0.3) is 0 Å². The zero-order valence-corrected chi connectivity index (χ0v) is 12.7. The number of pyridine rings is 1. The third-order valence-corrected chi connectivity index (χ3v) is 5.02. The molecule has 22 heavy (non-hydrogen) atoms. The molecule has 1 aromatic heterocycles. The standard InChI is InChI=1S/C14H15N3O4S/c1-21-12-5-4-11(10-3-2-6-16-14(10)12)17-8-9(7-13(17)18)22(15,19)20/h2-6,9H,7-8H2,1H3,(H2,15,19,20). The van der Waals surface area contributed by atoms with Crippen molar-refractivity contribution in [2.24, 2.45) is 5.14 Å². The number of ether oxygens (including phenoxy) is 1. The van der Waals surface area contributed by atoms with Crippen LogP contribution in [0.5, 0.6) is 5.75 Å². The Hall–Kier alpha value is -2.19. The van der Waals surface area contributed by atoms with Crippen LogP contribution in [-0.2, 0) is 14.8 Å². The molecule has 0 saturated carbocycles. The Bertz CT molecular complexity index is 850. The van der Waals surface area contributed by atoms with Gasteiger partial charge in [0.05, 0.1) is 12.8 Å². The van der Waals surface area contributed by atoms with Gasteiger partial charge in [0.2, 0.25) is 15.9 Å². The quantitative estimate of drug-likeness (QED) is 0.893. The summed E-state index contributed by atoms with van der Waals surface area (Å²) in [6.45, 7) is 0.0496. The molecule has 0 aliphatic carbocycles. The molecule has 1 saturated heterocycles. The van der Waals surface area contributed by atoms with Crippen LogP contribution in [-0.4, -0.2) is 38.2 Å². The Morgan fingerprint density at radius 1 is 1.36 bits per heavy atom. The zero-order valence-electron chi connectivity index (χ0n) is 11.9. The number of hydrogen-bond donors (Lipinski definition) is 1. The van der Waals surface area contributed by atoms with E-state index in [0.717, 1.165) is 5.39 Å². The molecule has 0 bridgehead atoms. The summed E-state index contributed by atoms with van der Waals surface area (Å²) in [6, 6.07) is 7.01. The van der Waals surface area contributed by atoms with E-state index in [1.165, 1.54) is 4.90 Å². The number of methoxy groups -OCH3 is 1. The Morgan fingerprint density at radius 3 is 2.77 bits per heavy atom. The molecule has 116 valence electrons. The molecule has 1 aliphatic rings. The van der Waals surface area contributed by atoms with E-state index in [1.807, 2.05) is 6.07 Å². The van der Waals surface area contributed by atoms with Gasteiger partial charge in [0, 0.05) is 24.5 Å². The van der Waals surface area contributed by atoms with Crippen molar-refractivity contribution in [3.63, 3.8) is 0 Å². The van der Waals surface area contributed by atoms with Crippen molar-refractivity contribution in [1.29, 1.82) is 0 Å². The number of hydrogen-bond acceptors (Lipinski definition) is 5. The Morgan fingerprint density at radius 2 is 2.14 bits per heavy atom. The van der Waals surface area contributed by atoms with Crippen molar-refractivity contribution in [2.75, 3.05) is 18.6 Å². The monoisotopic (exact) mass is 321 g/mol. The summed E-state index contributed by atoms with van der Waals surface area (Å²) in [5, 5.41) is 5.01. The smallest absolute Gasteiger partial charge is 0.228 e. The van der Waals surface area contributed by atoms with E-state index >= 15 is 0 Å². The molecule has 1 aromatic carbocycles. The second-order valence-corrected chi connectivity index (χ2v) is 6.95. The second kappa shape index (κ2) is 5.22. The average molecular weight is 321 g/mol. The number of nitrogens with two attached hydrogens (primary N) is 1. The van der Waals surface area contributed by atoms with Crippen LogP contribution in [0.2, 0.25) is 0 Å². The summed E-state index contributed by atoms with van der Waals surface area (Å²) in [7, 11) is -2.20. The van der Waals surface area contributed by atoms with Crippen molar-refractivity contribution < 1.29 is 17.9 Å². The Labute approximate surface area is 127 Å². The topological polar surface area (TPSA) is 103 Å². The maximum Gasteiger partial charge on any atom is 0.228 e. The minimum Gasteiger partial charge on any atom is -0.494 e. The number of carbonyl (C=O) groups is 1. The van der Waals surface area contributed by atoms with Crippen molar-refractivity contribution in [2.45, 2.75) is 11.7 Å². The molecule has 3 rings (SSSR count). The number of carbonyl (C=O) groups excluding carboxylic acids is 1. The highest BCUT2D eigenvalue weighted by molar-refractivity contribution is 7.89. The molecule has 1 atom stereocenters. The first-order chi connectivity index (χ1) is 10.4. The predicted octanol–water partition coefficient (Wildman–Crippen LogP) is 0.637. The number of rotatable bonds is 3. The van der Waals surface area contributed by atoms with Crippen molar-refractivity contribution in [3.05, 3.63) is 30.5 Å². The van der Waals surface area contributed by atoms with E-state index in [9.17, 15) is 13.2 Å². The van der Waals surface area contributed by atoms with Crippen LogP contribution in [0.1, 0.15) is 6.42 Å². The fraction of sp³-hybridized carbons (Fsp3) is 0.286. The van der Waals surface area contributed by atoms with Gasteiger partial charge in [0.1, 0.15) is 16.5 Å². The maximum absolute atomic E-state index is 12.2. The number of fused-ring (bicyclic) bond motifs is 1. The number of aromatic nitrogens is 1. The highest BCUT2D eigenvalue weighted by atomic mass is 32.2. The van der Waals surface area contributed by atoms with Gasteiger partial charge in [-0.3, -0.25) is 9.78 Å². The van der Waals surface area contributed by atoms with Crippen LogP contribution in [0.4, 0.5) is 5.69 Å². The third-order valence-electron chi connectivity index (χ3n) is 3.77. The van der Waals surface area contributed by atoms with Gasteiger partial charge in [-0.05, 0) is 24.3 Å². The van der Waals surface area contributed by atoms with Gasteiger partial charge in [-0.25, -0.2) is 13.6 Å². The first-order valence-corrected chi connectivity index (χ1v) is 8.26. The lowest BCUT2D eigenvalue weighted by atomic mass is 10.1. The van der Waals surface area contributed by atoms with E-state index in [1.54, 1.807) is 31.5 Å². The SMILES string of the molecule is COc1ccc(N2CC(S(N)(=O)=O)CC2=O)c2cccnc12. The average Bonchev–Trinajstić information content (AvgIpc) is 2.88. The lowest BCUT2D eigenvalue weighted by Gasteiger charge is -2.19. The van der Waals surface area contributed by atoms with Crippen LogP contribution in [0.3, 0.4) is 0 Å². The fourth-order valence-electron chi connectivity index (χ4n) is 2.66. The van der Waals surface area contributed by atoms with Gasteiger partial charge in [-0.1, -0.05) is 0 Å². The molecule has 1 amide bonds. The van der Waals surface area contributed by atoms with Gasteiger partial charge < -0.3 is 9.64 Å². The Balaban J connectivity index is 2.10. The fourth-order valence-corrected chi connectivity index (χ4v) is 3.39. The minimum atomic E-state index is -3.75. The van der Waals surface area contributed by atoms with Crippen LogP contribution < -0.4 is 14.8 Å². The number of benzene rings is 1. The molecule has 8 heteroatoms. The molecule has 1 unspecified atom stereocenters. The molecular weight excluding hydrogens is 306 g/mol. The lowest BCUT2D eigenvalue weighted by molar-refractivity contribution is -0.117. The van der Waals surface area contributed by atoms with Crippen LogP contribution in [0, 0.1) is 0 Å². The summed E-state index contributed by atoms with van der Waals surface area (Å²) in [4.78, 5) is 17.9. The summed E-state index contributed by atoms with van der Waals surface area (Å²) >= 11 is 0. The van der Waals surface area contributed by atoms with Gasteiger partial charge in [-0.2, -0.15) is 0 Å². The number of primary sulfonamides is 1. The second-order valence-electron chi connectivity index (χ2n) is 5.11. The van der Waals surface area contributed by atoms with Crippen molar-refractivity contribution in [1.82, 2.24) is 4.98 Å². The summed E-state index contributed by atoms with van der Waals surface area (Å²) < 4.78 is 28.2. The zero-order chi connectivity index (χ0) is 15.9. The van der Waals surface area contributed by atoms with Crippen molar-refractivity contribution in [3.8, 4) is 5.75 Å². The first-order valence-electron chi connectivity index (χ1n) is 6.65. The number of nitrogens with zero attached hydrogens (tertiary/aromatic N) is 2. The number of anilines is 1. The van der Waals surface area contributed by atoms with E-state index < -0.39 is 15.3 Å². The predicted molar refractivity (Wildman–Crippen MR) is 82.2 cm³/mol. The number of amides is 1. The van der Waals surface area contributed by atoms with Gasteiger partial charge >= 0.3 is 0 Å². The summed E-state index contributed by atoms with van der Waals surface area (Å²) in [5.74, 6) is 0.323. The van der Waals surface area contributed by atoms with E-state index in [2.05, 4.69) is 4.98 Å². The first kappa shape index (κ1) is 14.7. The van der Waals surface area contributed by atoms with Crippen molar-refractivity contribution >= 4 is 32.5 Å². The van der Waals surface area contributed by atoms with Crippen LogP contribution >= 0.6 is 0 Å². The molecule has 2 aromatic rings. The third kappa shape index (κ3) is 2.40.